The first-order chi connectivity index (χ1) is 17.3. The Morgan fingerprint density at radius 2 is 1.64 bits per heavy atom. The fourth-order valence-electron chi connectivity index (χ4n) is 3.39. The smallest absolute Gasteiger partial charge is 0.264 e. The molecule has 0 spiro atoms. The lowest BCUT2D eigenvalue weighted by Crippen LogP contribution is -2.38. The maximum Gasteiger partial charge on any atom is 0.264 e. The van der Waals surface area contributed by atoms with E-state index in [4.69, 9.17) is 9.47 Å². The average molecular weight is 525 g/mol. The number of hydrogen-bond acceptors (Lipinski definition) is 8. The maximum absolute atomic E-state index is 13.6. The van der Waals surface area contributed by atoms with E-state index >= 15 is 0 Å². The van der Waals surface area contributed by atoms with Gasteiger partial charge in [0.25, 0.3) is 10.0 Å². The molecule has 4 aromatic rings. The van der Waals surface area contributed by atoms with Gasteiger partial charge in [-0.15, -0.1) is 10.2 Å². The van der Waals surface area contributed by atoms with Crippen LogP contribution in [0.5, 0.6) is 11.5 Å². The Kier molecular flexibility index (Phi) is 7.51. The van der Waals surface area contributed by atoms with Crippen molar-refractivity contribution >= 4 is 38.1 Å². The minimum atomic E-state index is -4.14. The molecule has 0 unspecified atom stereocenters. The summed E-state index contributed by atoms with van der Waals surface area (Å²) >= 11 is 1.20. The lowest BCUT2D eigenvalue weighted by molar-refractivity contribution is -0.114. The van der Waals surface area contributed by atoms with Crippen molar-refractivity contribution in [1.29, 1.82) is 0 Å². The van der Waals surface area contributed by atoms with Gasteiger partial charge in [-0.3, -0.25) is 14.4 Å². The molecule has 0 aliphatic rings. The fraction of sp³-hybridized carbons (Fsp3) is 0.160. The molecule has 0 atom stereocenters. The van der Waals surface area contributed by atoms with Crippen LogP contribution in [0.1, 0.15) is 5.56 Å². The van der Waals surface area contributed by atoms with Crippen molar-refractivity contribution in [1.82, 2.24) is 10.2 Å². The summed E-state index contributed by atoms with van der Waals surface area (Å²) in [5.41, 5.74) is 2.33. The molecular weight excluding hydrogens is 500 g/mol. The van der Waals surface area contributed by atoms with Crippen LogP contribution >= 0.6 is 11.3 Å². The van der Waals surface area contributed by atoms with Crippen LogP contribution in [0.25, 0.3) is 10.6 Å². The third-order valence-electron chi connectivity index (χ3n) is 5.24. The van der Waals surface area contributed by atoms with Gasteiger partial charge in [-0.1, -0.05) is 59.4 Å². The van der Waals surface area contributed by atoms with Gasteiger partial charge < -0.3 is 9.47 Å². The Hall–Kier alpha value is -3.96. The molecule has 1 N–H and O–H groups in total. The monoisotopic (exact) mass is 524 g/mol. The number of methoxy groups -OCH3 is 2. The van der Waals surface area contributed by atoms with Crippen molar-refractivity contribution in [3.8, 4) is 22.1 Å². The van der Waals surface area contributed by atoms with Crippen LogP contribution in [0, 0.1) is 6.92 Å². The van der Waals surface area contributed by atoms with Gasteiger partial charge in [-0.05, 0) is 31.2 Å². The molecule has 1 aromatic heterocycles. The van der Waals surface area contributed by atoms with Crippen molar-refractivity contribution in [2.45, 2.75) is 11.8 Å². The molecular formula is C25H24N4O5S2. The van der Waals surface area contributed by atoms with Gasteiger partial charge in [0.05, 0.1) is 24.8 Å². The van der Waals surface area contributed by atoms with Crippen molar-refractivity contribution in [3.63, 3.8) is 0 Å². The van der Waals surface area contributed by atoms with Crippen LogP contribution in [0.2, 0.25) is 0 Å². The van der Waals surface area contributed by atoms with Gasteiger partial charge >= 0.3 is 0 Å². The maximum atomic E-state index is 13.6. The molecule has 0 radical (unpaired) electrons. The first-order valence-corrected chi connectivity index (χ1v) is 13.1. The van der Waals surface area contributed by atoms with Crippen molar-refractivity contribution in [3.05, 3.63) is 78.4 Å². The van der Waals surface area contributed by atoms with Gasteiger partial charge in [0.2, 0.25) is 11.0 Å². The number of carbonyl (C=O) groups is 1. The summed E-state index contributed by atoms with van der Waals surface area (Å²) in [4.78, 5) is 12.9. The summed E-state index contributed by atoms with van der Waals surface area (Å²) in [6.07, 6.45) is 0. The number of hydrogen-bond donors (Lipinski definition) is 1. The molecule has 0 saturated heterocycles. The quantitative estimate of drug-likeness (QED) is 0.346. The summed E-state index contributed by atoms with van der Waals surface area (Å²) in [7, 11) is -1.25. The molecule has 0 fully saturated rings. The summed E-state index contributed by atoms with van der Waals surface area (Å²) in [5, 5.41) is 11.7. The van der Waals surface area contributed by atoms with Crippen molar-refractivity contribution in [2.24, 2.45) is 0 Å². The summed E-state index contributed by atoms with van der Waals surface area (Å²) < 4.78 is 38.8. The van der Waals surface area contributed by atoms with E-state index in [2.05, 4.69) is 15.5 Å². The summed E-state index contributed by atoms with van der Waals surface area (Å²) in [6.45, 7) is 1.52. The van der Waals surface area contributed by atoms with Gasteiger partial charge in [-0.25, -0.2) is 8.42 Å². The molecule has 3 aromatic carbocycles. The molecule has 0 bridgehead atoms. The number of carbonyl (C=O) groups excluding carboxylic acids is 1. The van der Waals surface area contributed by atoms with E-state index < -0.39 is 22.5 Å². The Bertz CT molecular complexity index is 1460. The first kappa shape index (κ1) is 25.1. The molecule has 1 heterocycles. The van der Waals surface area contributed by atoms with Gasteiger partial charge in [0.1, 0.15) is 11.6 Å². The number of rotatable bonds is 9. The average Bonchev–Trinajstić information content (AvgIpc) is 3.35. The Balaban J connectivity index is 1.59. The van der Waals surface area contributed by atoms with E-state index in [-0.39, 0.29) is 15.8 Å². The Morgan fingerprint density at radius 3 is 2.31 bits per heavy atom. The normalized spacial score (nSPS) is 11.1. The minimum absolute atomic E-state index is 0.0469. The SMILES string of the molecule is COc1ccc(S(=O)(=O)N(CC(=O)Nc2nnc(-c3ccc(C)cc3)s2)c2ccccc2)cc1OC. The zero-order valence-corrected chi connectivity index (χ0v) is 21.5. The minimum Gasteiger partial charge on any atom is -0.493 e. The highest BCUT2D eigenvalue weighted by molar-refractivity contribution is 7.92. The second-order valence-corrected chi connectivity index (χ2v) is 10.5. The highest BCUT2D eigenvalue weighted by Crippen LogP contribution is 2.32. The molecule has 4 rings (SSSR count). The molecule has 0 aliphatic heterocycles. The van der Waals surface area contributed by atoms with E-state index in [0.29, 0.717) is 16.4 Å². The topological polar surface area (TPSA) is 111 Å². The number of anilines is 2. The highest BCUT2D eigenvalue weighted by atomic mass is 32.2. The van der Waals surface area contributed by atoms with Gasteiger partial charge in [-0.2, -0.15) is 0 Å². The van der Waals surface area contributed by atoms with E-state index in [9.17, 15) is 13.2 Å². The van der Waals surface area contributed by atoms with E-state index in [1.807, 2.05) is 31.2 Å². The zero-order chi connectivity index (χ0) is 25.7. The Morgan fingerprint density at radius 1 is 0.944 bits per heavy atom. The van der Waals surface area contributed by atoms with Crippen LogP contribution in [0.15, 0.2) is 77.7 Å². The Labute approximate surface area is 213 Å². The largest absolute Gasteiger partial charge is 0.493 e. The van der Waals surface area contributed by atoms with Crippen LogP contribution < -0.4 is 19.1 Å². The van der Waals surface area contributed by atoms with Gasteiger partial charge in [0, 0.05) is 11.6 Å². The number of para-hydroxylation sites is 1. The number of nitrogens with one attached hydrogen (secondary N) is 1. The van der Waals surface area contributed by atoms with Crippen LogP contribution in [-0.4, -0.2) is 45.3 Å². The second-order valence-electron chi connectivity index (χ2n) is 7.69. The van der Waals surface area contributed by atoms with Crippen molar-refractivity contribution < 1.29 is 22.7 Å². The number of ether oxygens (including phenoxy) is 2. The molecule has 36 heavy (non-hydrogen) atoms. The predicted molar refractivity (Wildman–Crippen MR) is 139 cm³/mol. The van der Waals surface area contributed by atoms with Crippen molar-refractivity contribution in [2.75, 3.05) is 30.4 Å². The molecule has 0 saturated carbocycles. The van der Waals surface area contributed by atoms with Gasteiger partial charge in [0.15, 0.2) is 11.5 Å². The number of aryl methyl sites for hydroxylation is 1. The van der Waals surface area contributed by atoms with Crippen LogP contribution in [0.4, 0.5) is 10.8 Å². The standard InChI is InChI=1S/C25H24N4O5S2/c1-17-9-11-18(12-10-17)24-27-28-25(35-24)26-23(30)16-29(19-7-5-4-6-8-19)36(31,32)20-13-14-21(33-2)22(15-20)34-3/h4-15H,16H2,1-3H3,(H,26,28,30). The second kappa shape index (κ2) is 10.8. The number of sulfonamides is 1. The van der Waals surface area contributed by atoms with Crippen LogP contribution in [0.3, 0.4) is 0 Å². The third-order valence-corrected chi connectivity index (χ3v) is 7.90. The zero-order valence-electron chi connectivity index (χ0n) is 19.8. The highest BCUT2D eigenvalue weighted by Gasteiger charge is 2.28. The predicted octanol–water partition coefficient (Wildman–Crippen LogP) is 4.36. The number of amides is 1. The number of nitrogens with zero attached hydrogens (tertiary/aromatic N) is 3. The first-order valence-electron chi connectivity index (χ1n) is 10.8. The molecule has 186 valence electrons. The molecule has 11 heteroatoms. The van der Waals surface area contributed by atoms with E-state index in [1.165, 1.54) is 43.8 Å². The number of benzene rings is 3. The number of aromatic nitrogens is 2. The van der Waals surface area contributed by atoms with Crippen LogP contribution in [-0.2, 0) is 14.8 Å². The third kappa shape index (κ3) is 5.47. The molecule has 9 nitrogen and oxygen atoms in total. The lowest BCUT2D eigenvalue weighted by atomic mass is 10.2. The summed E-state index contributed by atoms with van der Waals surface area (Å²) in [6, 6.07) is 20.4. The molecule has 0 aliphatic carbocycles. The molecule has 1 amide bonds. The summed E-state index contributed by atoms with van der Waals surface area (Å²) in [5.74, 6) is 0.0872. The lowest BCUT2D eigenvalue weighted by Gasteiger charge is -2.24. The van der Waals surface area contributed by atoms with E-state index in [0.717, 1.165) is 15.4 Å². The van der Waals surface area contributed by atoms with E-state index in [1.54, 1.807) is 30.3 Å². The fourth-order valence-corrected chi connectivity index (χ4v) is 5.59.